The highest BCUT2D eigenvalue weighted by Crippen LogP contribution is 2.15. The van der Waals surface area contributed by atoms with Gasteiger partial charge in [0.25, 0.3) is 0 Å². The summed E-state index contributed by atoms with van der Waals surface area (Å²) in [5.41, 5.74) is 2.94. The molecule has 5 heteroatoms. The van der Waals surface area contributed by atoms with Crippen molar-refractivity contribution in [3.63, 3.8) is 0 Å². The van der Waals surface area contributed by atoms with E-state index in [4.69, 9.17) is 9.47 Å². The van der Waals surface area contributed by atoms with Crippen molar-refractivity contribution in [3.05, 3.63) is 29.3 Å². The Morgan fingerprint density at radius 3 is 2.78 bits per heavy atom. The van der Waals surface area contributed by atoms with Crippen molar-refractivity contribution in [2.45, 2.75) is 13.8 Å². The van der Waals surface area contributed by atoms with E-state index >= 15 is 0 Å². The lowest BCUT2D eigenvalue weighted by Crippen LogP contribution is -2.31. The molecule has 2 amide bonds. The second-order valence-corrected chi connectivity index (χ2v) is 3.99. The molecular weight excluding hydrogens is 232 g/mol. The lowest BCUT2D eigenvalue weighted by molar-refractivity contribution is 0.0650. The van der Waals surface area contributed by atoms with E-state index in [1.54, 1.807) is 7.11 Å². The summed E-state index contributed by atoms with van der Waals surface area (Å²) in [6.45, 7) is 5.07. The monoisotopic (exact) mass is 252 g/mol. The summed E-state index contributed by atoms with van der Waals surface area (Å²) in [4.78, 5) is 11.6. The van der Waals surface area contributed by atoms with Gasteiger partial charge in [0.15, 0.2) is 0 Å². The summed E-state index contributed by atoms with van der Waals surface area (Å²) in [5.74, 6) is 0. The van der Waals surface area contributed by atoms with Gasteiger partial charge in [-0.05, 0) is 31.0 Å². The first kappa shape index (κ1) is 14.5. The second kappa shape index (κ2) is 7.68. The molecular formula is C13H20N2O3. The average molecular weight is 252 g/mol. The molecule has 0 spiro atoms. The van der Waals surface area contributed by atoms with Gasteiger partial charge in [-0.25, -0.2) is 4.79 Å². The van der Waals surface area contributed by atoms with Crippen LogP contribution in [-0.4, -0.2) is 33.1 Å². The smallest absolute Gasteiger partial charge is 0.321 e. The van der Waals surface area contributed by atoms with Gasteiger partial charge in [0.2, 0.25) is 0 Å². The number of methoxy groups -OCH3 is 1. The van der Waals surface area contributed by atoms with Crippen LogP contribution in [0.5, 0.6) is 0 Å². The van der Waals surface area contributed by atoms with Gasteiger partial charge in [0.1, 0.15) is 6.73 Å². The molecule has 0 saturated carbocycles. The zero-order valence-corrected chi connectivity index (χ0v) is 11.1. The Balaban J connectivity index is 2.33. The lowest BCUT2D eigenvalue weighted by Gasteiger charge is -2.10. The highest BCUT2D eigenvalue weighted by Gasteiger charge is 2.03. The van der Waals surface area contributed by atoms with Crippen LogP contribution in [0.4, 0.5) is 10.5 Å². The molecule has 100 valence electrons. The van der Waals surface area contributed by atoms with Crippen LogP contribution in [-0.2, 0) is 9.47 Å². The lowest BCUT2D eigenvalue weighted by atomic mass is 10.1. The molecule has 1 aromatic rings. The summed E-state index contributed by atoms with van der Waals surface area (Å²) in [6.07, 6.45) is 0. The van der Waals surface area contributed by atoms with E-state index in [9.17, 15) is 4.79 Å². The number of urea groups is 1. The maximum Gasteiger partial charge on any atom is 0.321 e. The maximum atomic E-state index is 11.6. The molecule has 0 atom stereocenters. The fourth-order valence-electron chi connectivity index (χ4n) is 1.37. The van der Waals surface area contributed by atoms with E-state index in [1.807, 2.05) is 32.0 Å². The molecule has 18 heavy (non-hydrogen) atoms. The molecule has 0 aliphatic rings. The molecule has 0 saturated heterocycles. The van der Waals surface area contributed by atoms with E-state index in [0.29, 0.717) is 13.2 Å². The average Bonchev–Trinajstić information content (AvgIpc) is 2.33. The summed E-state index contributed by atoms with van der Waals surface area (Å²) in [6, 6.07) is 5.63. The van der Waals surface area contributed by atoms with Gasteiger partial charge in [0.05, 0.1) is 13.2 Å². The van der Waals surface area contributed by atoms with Crippen LogP contribution in [0.25, 0.3) is 0 Å². The second-order valence-electron chi connectivity index (χ2n) is 3.99. The van der Waals surface area contributed by atoms with Gasteiger partial charge >= 0.3 is 6.03 Å². The number of carbonyl (C=O) groups excluding carboxylic acids is 1. The number of carbonyl (C=O) groups is 1. The topological polar surface area (TPSA) is 59.6 Å². The van der Waals surface area contributed by atoms with Crippen LogP contribution < -0.4 is 10.6 Å². The molecule has 0 heterocycles. The Morgan fingerprint density at radius 1 is 1.28 bits per heavy atom. The van der Waals surface area contributed by atoms with Crippen LogP contribution in [0.1, 0.15) is 11.1 Å². The number of hydrogen-bond acceptors (Lipinski definition) is 3. The van der Waals surface area contributed by atoms with Crippen LogP contribution in [0.3, 0.4) is 0 Å². The number of amides is 2. The van der Waals surface area contributed by atoms with Crippen molar-refractivity contribution in [1.29, 1.82) is 0 Å². The number of ether oxygens (including phenoxy) is 2. The molecule has 1 rings (SSSR count). The fourth-order valence-corrected chi connectivity index (χ4v) is 1.37. The summed E-state index contributed by atoms with van der Waals surface area (Å²) < 4.78 is 9.96. The molecule has 0 unspecified atom stereocenters. The highest BCUT2D eigenvalue weighted by atomic mass is 16.5. The molecule has 2 N–H and O–H groups in total. The van der Waals surface area contributed by atoms with Crippen molar-refractivity contribution in [3.8, 4) is 0 Å². The first-order valence-electron chi connectivity index (χ1n) is 5.82. The third-order valence-electron chi connectivity index (χ3n) is 2.41. The van der Waals surface area contributed by atoms with Crippen LogP contribution in [0.2, 0.25) is 0 Å². The predicted molar refractivity (Wildman–Crippen MR) is 70.8 cm³/mol. The molecule has 0 aromatic heterocycles. The SMILES string of the molecule is COCCOCNC(=O)Nc1cc(C)ccc1C. The van der Waals surface area contributed by atoms with Crippen molar-refractivity contribution in [1.82, 2.24) is 5.32 Å². The van der Waals surface area contributed by atoms with E-state index in [0.717, 1.165) is 16.8 Å². The third-order valence-corrected chi connectivity index (χ3v) is 2.41. The number of benzene rings is 1. The molecule has 0 bridgehead atoms. The summed E-state index contributed by atoms with van der Waals surface area (Å²) in [7, 11) is 1.60. The fraction of sp³-hybridized carbons (Fsp3) is 0.462. The van der Waals surface area contributed by atoms with Crippen LogP contribution >= 0.6 is 0 Å². The number of nitrogens with one attached hydrogen (secondary N) is 2. The van der Waals surface area contributed by atoms with Gasteiger partial charge in [-0.15, -0.1) is 0 Å². The Labute approximate surface area is 107 Å². The van der Waals surface area contributed by atoms with Crippen molar-refractivity contribution >= 4 is 11.7 Å². The molecule has 5 nitrogen and oxygen atoms in total. The van der Waals surface area contributed by atoms with Gasteiger partial charge in [-0.2, -0.15) is 0 Å². The van der Waals surface area contributed by atoms with Crippen molar-refractivity contribution in [2.75, 3.05) is 32.4 Å². The first-order chi connectivity index (χ1) is 8.63. The molecule has 0 radical (unpaired) electrons. The highest BCUT2D eigenvalue weighted by molar-refractivity contribution is 5.90. The van der Waals surface area contributed by atoms with Gasteiger partial charge < -0.3 is 20.1 Å². The Kier molecular flexibility index (Phi) is 6.18. The number of aryl methyl sites for hydroxylation is 2. The van der Waals surface area contributed by atoms with Gasteiger partial charge in [0, 0.05) is 12.8 Å². The zero-order valence-electron chi connectivity index (χ0n) is 11.1. The summed E-state index contributed by atoms with van der Waals surface area (Å²) >= 11 is 0. The van der Waals surface area contributed by atoms with E-state index in [-0.39, 0.29) is 12.8 Å². The molecule has 0 aliphatic carbocycles. The molecule has 1 aromatic carbocycles. The minimum Gasteiger partial charge on any atom is -0.382 e. The third kappa shape index (κ3) is 5.16. The van der Waals surface area contributed by atoms with E-state index < -0.39 is 0 Å². The van der Waals surface area contributed by atoms with Crippen LogP contribution in [0, 0.1) is 13.8 Å². The zero-order chi connectivity index (χ0) is 13.4. The summed E-state index contributed by atoms with van der Waals surface area (Å²) in [5, 5.41) is 5.39. The number of rotatable bonds is 6. The number of hydrogen-bond donors (Lipinski definition) is 2. The van der Waals surface area contributed by atoms with Gasteiger partial charge in [-0.1, -0.05) is 12.1 Å². The molecule has 0 fully saturated rings. The quantitative estimate of drug-likeness (QED) is 0.601. The minimum absolute atomic E-state index is 0.167. The van der Waals surface area contributed by atoms with E-state index in [2.05, 4.69) is 10.6 Å². The standard InChI is InChI=1S/C13H20N2O3/c1-10-4-5-11(2)12(8-10)15-13(16)14-9-18-7-6-17-3/h4-5,8H,6-7,9H2,1-3H3,(H2,14,15,16). The Bertz CT molecular complexity index is 394. The first-order valence-corrected chi connectivity index (χ1v) is 5.82. The van der Waals surface area contributed by atoms with Crippen molar-refractivity contribution in [2.24, 2.45) is 0 Å². The predicted octanol–water partition coefficient (Wildman–Crippen LogP) is 2.05. The normalized spacial score (nSPS) is 10.2. The Morgan fingerprint density at radius 2 is 2.06 bits per heavy atom. The molecule has 0 aliphatic heterocycles. The van der Waals surface area contributed by atoms with Crippen LogP contribution in [0.15, 0.2) is 18.2 Å². The van der Waals surface area contributed by atoms with Gasteiger partial charge in [-0.3, -0.25) is 0 Å². The van der Waals surface area contributed by atoms with Crippen molar-refractivity contribution < 1.29 is 14.3 Å². The Hall–Kier alpha value is -1.59. The maximum absolute atomic E-state index is 11.6. The van der Waals surface area contributed by atoms with E-state index in [1.165, 1.54) is 0 Å². The minimum atomic E-state index is -0.277. The number of anilines is 1. The largest absolute Gasteiger partial charge is 0.382 e.